The molecular weight excluding hydrogens is 204 g/mol. The fraction of sp³-hybridized carbons (Fsp3) is 0. The molecule has 2 aromatic heterocycles. The van der Waals surface area contributed by atoms with Gasteiger partial charge >= 0.3 is 0 Å². The maximum atomic E-state index is 9.19. The summed E-state index contributed by atoms with van der Waals surface area (Å²) in [5, 5.41) is 13.5. The number of hydrogen-bond donors (Lipinski definition) is 1. The number of aromatic nitrogens is 4. The minimum atomic E-state index is 0.227. The standard InChI is InChI=1S/C11H8N4O/c16-9-4-2-8(3-5-9)10-13-11-12-6-1-7-15(11)14-10/h1-7,16H. The highest BCUT2D eigenvalue weighted by molar-refractivity contribution is 5.57. The van der Waals surface area contributed by atoms with E-state index in [4.69, 9.17) is 0 Å². The molecular formula is C11H8N4O. The van der Waals surface area contributed by atoms with Crippen LogP contribution in [0.15, 0.2) is 42.7 Å². The molecule has 0 aliphatic heterocycles. The van der Waals surface area contributed by atoms with Gasteiger partial charge in [-0.2, -0.15) is 4.98 Å². The lowest BCUT2D eigenvalue weighted by Gasteiger charge is -1.94. The molecule has 0 radical (unpaired) electrons. The smallest absolute Gasteiger partial charge is 0.252 e. The molecule has 0 unspecified atom stereocenters. The van der Waals surface area contributed by atoms with E-state index in [-0.39, 0.29) is 5.75 Å². The van der Waals surface area contributed by atoms with E-state index in [0.29, 0.717) is 11.6 Å². The first kappa shape index (κ1) is 8.84. The van der Waals surface area contributed by atoms with Gasteiger partial charge in [0.15, 0.2) is 5.82 Å². The molecule has 0 saturated carbocycles. The molecule has 2 heterocycles. The summed E-state index contributed by atoms with van der Waals surface area (Å²) in [6, 6.07) is 8.54. The summed E-state index contributed by atoms with van der Waals surface area (Å²) in [6.45, 7) is 0. The molecule has 0 bridgehead atoms. The monoisotopic (exact) mass is 212 g/mol. The van der Waals surface area contributed by atoms with Gasteiger partial charge in [0.25, 0.3) is 5.78 Å². The predicted octanol–water partition coefficient (Wildman–Crippen LogP) is 1.50. The Kier molecular flexibility index (Phi) is 1.83. The van der Waals surface area contributed by atoms with Crippen LogP contribution in [0, 0.1) is 0 Å². The Morgan fingerprint density at radius 1 is 1.12 bits per heavy atom. The zero-order valence-electron chi connectivity index (χ0n) is 8.28. The number of nitrogens with zero attached hydrogens (tertiary/aromatic N) is 4. The number of phenols is 1. The van der Waals surface area contributed by atoms with Gasteiger partial charge in [-0.3, -0.25) is 0 Å². The first-order chi connectivity index (χ1) is 7.83. The maximum absolute atomic E-state index is 9.19. The molecule has 0 fully saturated rings. The van der Waals surface area contributed by atoms with Gasteiger partial charge in [0, 0.05) is 18.0 Å². The van der Waals surface area contributed by atoms with Crippen LogP contribution in [-0.4, -0.2) is 24.7 Å². The number of aromatic hydroxyl groups is 1. The van der Waals surface area contributed by atoms with Crippen molar-refractivity contribution < 1.29 is 5.11 Å². The first-order valence-electron chi connectivity index (χ1n) is 4.80. The molecule has 1 N–H and O–H groups in total. The molecule has 1 aromatic carbocycles. The van der Waals surface area contributed by atoms with Gasteiger partial charge in [0.1, 0.15) is 5.75 Å². The number of fused-ring (bicyclic) bond motifs is 1. The van der Waals surface area contributed by atoms with E-state index in [9.17, 15) is 5.11 Å². The largest absolute Gasteiger partial charge is 0.508 e. The molecule has 0 saturated heterocycles. The molecule has 0 spiro atoms. The molecule has 0 aliphatic rings. The van der Waals surface area contributed by atoms with E-state index in [2.05, 4.69) is 15.1 Å². The summed E-state index contributed by atoms with van der Waals surface area (Å²) < 4.78 is 1.61. The SMILES string of the molecule is Oc1ccc(-c2nc3ncccn3n2)cc1. The van der Waals surface area contributed by atoms with E-state index in [1.54, 1.807) is 47.2 Å². The lowest BCUT2D eigenvalue weighted by Crippen LogP contribution is -1.87. The van der Waals surface area contributed by atoms with Crippen LogP contribution in [0.1, 0.15) is 0 Å². The van der Waals surface area contributed by atoms with Gasteiger partial charge < -0.3 is 5.11 Å². The van der Waals surface area contributed by atoms with Crippen LogP contribution in [0.4, 0.5) is 0 Å². The van der Waals surface area contributed by atoms with Crippen LogP contribution in [0.5, 0.6) is 5.75 Å². The quantitative estimate of drug-likeness (QED) is 0.663. The van der Waals surface area contributed by atoms with Crippen LogP contribution in [-0.2, 0) is 0 Å². The Morgan fingerprint density at radius 3 is 2.69 bits per heavy atom. The molecule has 0 atom stereocenters. The number of rotatable bonds is 1. The topological polar surface area (TPSA) is 63.3 Å². The summed E-state index contributed by atoms with van der Waals surface area (Å²) >= 11 is 0. The van der Waals surface area contributed by atoms with E-state index < -0.39 is 0 Å². The third kappa shape index (κ3) is 1.38. The van der Waals surface area contributed by atoms with Crippen molar-refractivity contribution in [1.29, 1.82) is 0 Å². The Morgan fingerprint density at radius 2 is 1.94 bits per heavy atom. The molecule has 5 nitrogen and oxygen atoms in total. The Labute approximate surface area is 91.0 Å². The molecule has 0 amide bonds. The van der Waals surface area contributed by atoms with Crippen molar-refractivity contribution in [2.45, 2.75) is 0 Å². The molecule has 3 rings (SSSR count). The third-order valence-electron chi connectivity index (χ3n) is 2.24. The molecule has 5 heteroatoms. The van der Waals surface area contributed by atoms with Gasteiger partial charge in [0.05, 0.1) is 0 Å². The highest BCUT2D eigenvalue weighted by Gasteiger charge is 2.05. The fourth-order valence-corrected chi connectivity index (χ4v) is 1.47. The van der Waals surface area contributed by atoms with Crippen molar-refractivity contribution in [3.63, 3.8) is 0 Å². The van der Waals surface area contributed by atoms with Gasteiger partial charge in [-0.05, 0) is 30.3 Å². The minimum Gasteiger partial charge on any atom is -0.508 e. The lowest BCUT2D eigenvalue weighted by atomic mass is 10.2. The number of hydrogen-bond acceptors (Lipinski definition) is 4. The number of benzene rings is 1. The van der Waals surface area contributed by atoms with Gasteiger partial charge in [-0.1, -0.05) is 0 Å². The second kappa shape index (κ2) is 3.30. The van der Waals surface area contributed by atoms with Crippen LogP contribution in [0.3, 0.4) is 0 Å². The summed E-state index contributed by atoms with van der Waals surface area (Å²) in [5.41, 5.74) is 0.850. The summed E-state index contributed by atoms with van der Waals surface area (Å²) in [4.78, 5) is 8.36. The minimum absolute atomic E-state index is 0.227. The highest BCUT2D eigenvalue weighted by Crippen LogP contribution is 2.18. The van der Waals surface area contributed by atoms with Crippen molar-refractivity contribution in [3.8, 4) is 17.1 Å². The van der Waals surface area contributed by atoms with Crippen LogP contribution >= 0.6 is 0 Å². The van der Waals surface area contributed by atoms with Crippen LogP contribution < -0.4 is 0 Å². The van der Waals surface area contributed by atoms with E-state index in [1.807, 2.05) is 0 Å². The first-order valence-corrected chi connectivity index (χ1v) is 4.80. The Balaban J connectivity index is 2.15. The fourth-order valence-electron chi connectivity index (χ4n) is 1.47. The van der Waals surface area contributed by atoms with Gasteiger partial charge in [0.2, 0.25) is 0 Å². The predicted molar refractivity (Wildman–Crippen MR) is 57.9 cm³/mol. The second-order valence-electron chi connectivity index (χ2n) is 3.35. The molecule has 16 heavy (non-hydrogen) atoms. The zero-order valence-corrected chi connectivity index (χ0v) is 8.28. The molecule has 3 aromatic rings. The van der Waals surface area contributed by atoms with Crippen LogP contribution in [0.2, 0.25) is 0 Å². The third-order valence-corrected chi connectivity index (χ3v) is 2.24. The average Bonchev–Trinajstić information content (AvgIpc) is 2.73. The van der Waals surface area contributed by atoms with Gasteiger partial charge in [-0.15, -0.1) is 5.10 Å². The van der Waals surface area contributed by atoms with Crippen molar-refractivity contribution in [1.82, 2.24) is 19.6 Å². The van der Waals surface area contributed by atoms with Gasteiger partial charge in [-0.25, -0.2) is 9.50 Å². The molecule has 0 aliphatic carbocycles. The molecule has 78 valence electrons. The highest BCUT2D eigenvalue weighted by atomic mass is 16.3. The normalized spacial score (nSPS) is 10.8. The van der Waals surface area contributed by atoms with Crippen molar-refractivity contribution >= 4 is 5.78 Å². The van der Waals surface area contributed by atoms with Crippen molar-refractivity contribution in [3.05, 3.63) is 42.7 Å². The maximum Gasteiger partial charge on any atom is 0.252 e. The van der Waals surface area contributed by atoms with E-state index in [0.717, 1.165) is 5.56 Å². The Hall–Kier alpha value is -2.43. The summed E-state index contributed by atoms with van der Waals surface area (Å²) in [5.74, 6) is 1.38. The average molecular weight is 212 g/mol. The summed E-state index contributed by atoms with van der Waals surface area (Å²) in [6.07, 6.45) is 3.46. The zero-order chi connectivity index (χ0) is 11.0. The van der Waals surface area contributed by atoms with E-state index in [1.165, 1.54) is 0 Å². The number of phenolic OH excluding ortho intramolecular Hbond substituents is 1. The Bertz CT molecular complexity index is 597. The van der Waals surface area contributed by atoms with Crippen molar-refractivity contribution in [2.75, 3.05) is 0 Å². The van der Waals surface area contributed by atoms with E-state index >= 15 is 0 Å². The summed E-state index contributed by atoms with van der Waals surface area (Å²) in [7, 11) is 0. The second-order valence-corrected chi connectivity index (χ2v) is 3.35. The van der Waals surface area contributed by atoms with Crippen LogP contribution in [0.25, 0.3) is 17.2 Å². The lowest BCUT2D eigenvalue weighted by molar-refractivity contribution is 0.475. The van der Waals surface area contributed by atoms with Crippen molar-refractivity contribution in [2.24, 2.45) is 0 Å².